The molecular formula is C37H37N3O5S2. The molecule has 3 amide bonds. The van der Waals surface area contributed by atoms with Crippen molar-refractivity contribution in [2.24, 2.45) is 0 Å². The van der Waals surface area contributed by atoms with Crippen LogP contribution in [0.25, 0.3) is 6.08 Å². The number of ether oxygens (including phenoxy) is 1. The normalized spacial score (nSPS) is 13.2. The molecule has 242 valence electrons. The molecule has 0 saturated heterocycles. The number of anilines is 2. The van der Waals surface area contributed by atoms with Crippen molar-refractivity contribution in [2.75, 3.05) is 17.7 Å². The fraction of sp³-hybridized carbons (Fsp3) is 0.243. The Morgan fingerprint density at radius 1 is 0.936 bits per heavy atom. The minimum Gasteiger partial charge on any atom is -0.465 e. The number of benzene rings is 3. The second-order valence-corrected chi connectivity index (χ2v) is 13.5. The van der Waals surface area contributed by atoms with Gasteiger partial charge in [0.05, 0.1) is 17.9 Å². The molecule has 0 spiro atoms. The molecule has 1 heterocycles. The zero-order valence-electron chi connectivity index (χ0n) is 26.6. The van der Waals surface area contributed by atoms with Crippen LogP contribution in [-0.4, -0.2) is 36.1 Å². The SMILES string of the molecule is CCC(Sc1cccc(NC(=O)/C(=C/c2ccccc2C)NC(=O)c2ccccc2)c1)C(=O)Nc1sc2c(c1C(=O)OC)CCCC2. The lowest BCUT2D eigenvalue weighted by atomic mass is 9.95. The molecule has 1 unspecified atom stereocenters. The van der Waals surface area contributed by atoms with Gasteiger partial charge in [-0.05, 0) is 92.1 Å². The lowest BCUT2D eigenvalue weighted by Crippen LogP contribution is -2.30. The minimum atomic E-state index is -0.485. The monoisotopic (exact) mass is 667 g/mol. The number of carbonyl (C=O) groups is 4. The Morgan fingerprint density at radius 3 is 2.43 bits per heavy atom. The average Bonchev–Trinajstić information content (AvgIpc) is 3.45. The van der Waals surface area contributed by atoms with Crippen molar-refractivity contribution in [1.29, 1.82) is 0 Å². The minimum absolute atomic E-state index is 0.0945. The van der Waals surface area contributed by atoms with E-state index in [1.807, 2.05) is 50.2 Å². The van der Waals surface area contributed by atoms with Gasteiger partial charge in [-0.25, -0.2) is 4.79 Å². The molecule has 1 aliphatic carbocycles. The number of esters is 1. The lowest BCUT2D eigenvalue weighted by Gasteiger charge is -2.16. The maximum Gasteiger partial charge on any atom is 0.341 e. The molecule has 10 heteroatoms. The maximum atomic E-state index is 13.6. The Balaban J connectivity index is 1.32. The van der Waals surface area contributed by atoms with Crippen molar-refractivity contribution >= 4 is 63.6 Å². The van der Waals surface area contributed by atoms with Gasteiger partial charge < -0.3 is 20.7 Å². The number of aryl methyl sites for hydroxylation is 2. The van der Waals surface area contributed by atoms with E-state index in [0.29, 0.717) is 28.2 Å². The van der Waals surface area contributed by atoms with E-state index in [1.54, 1.807) is 48.5 Å². The third-order valence-electron chi connectivity index (χ3n) is 7.85. The van der Waals surface area contributed by atoms with Gasteiger partial charge in [-0.2, -0.15) is 0 Å². The van der Waals surface area contributed by atoms with Gasteiger partial charge in [0.25, 0.3) is 11.8 Å². The fourth-order valence-corrected chi connectivity index (χ4v) is 7.64. The van der Waals surface area contributed by atoms with Crippen LogP contribution in [0.5, 0.6) is 0 Å². The molecule has 8 nitrogen and oxygen atoms in total. The topological polar surface area (TPSA) is 114 Å². The molecule has 4 aromatic rings. The van der Waals surface area contributed by atoms with Gasteiger partial charge in [0.1, 0.15) is 10.7 Å². The fourth-order valence-electron chi connectivity index (χ4n) is 5.34. The van der Waals surface area contributed by atoms with Crippen LogP contribution in [0.15, 0.2) is 89.5 Å². The summed E-state index contributed by atoms with van der Waals surface area (Å²) in [5, 5.41) is 8.79. The Bertz CT molecular complexity index is 1820. The second-order valence-electron chi connectivity index (χ2n) is 11.1. The number of nitrogens with one attached hydrogen (secondary N) is 3. The molecule has 0 fully saturated rings. The van der Waals surface area contributed by atoms with E-state index in [-0.39, 0.29) is 11.6 Å². The molecule has 5 rings (SSSR count). The molecule has 1 aliphatic rings. The van der Waals surface area contributed by atoms with E-state index in [0.717, 1.165) is 52.1 Å². The first-order chi connectivity index (χ1) is 22.8. The third-order valence-corrected chi connectivity index (χ3v) is 10.4. The summed E-state index contributed by atoms with van der Waals surface area (Å²) in [6.07, 6.45) is 5.96. The van der Waals surface area contributed by atoms with Crippen LogP contribution in [0.2, 0.25) is 0 Å². The predicted octanol–water partition coefficient (Wildman–Crippen LogP) is 7.64. The van der Waals surface area contributed by atoms with E-state index in [2.05, 4.69) is 16.0 Å². The average molecular weight is 668 g/mol. The number of fused-ring (bicyclic) bond motifs is 1. The number of hydrogen-bond donors (Lipinski definition) is 3. The van der Waals surface area contributed by atoms with Crippen LogP contribution in [0.4, 0.5) is 10.7 Å². The number of thioether (sulfide) groups is 1. The standard InChI is InChI=1S/C37H37N3O5S2/c1-4-30(35(43)40-36-32(37(44)45-3)28-19-10-11-20-31(28)47-36)46-27-18-12-17-26(22-27)38-34(42)29(21-25-16-9-8-13-23(25)2)39-33(41)24-14-6-5-7-15-24/h5-9,12-18,21-22,30H,4,10-11,19-20H2,1-3H3,(H,38,42)(H,39,41)(H,40,43)/b29-21-. The van der Waals surface area contributed by atoms with Gasteiger partial charge in [-0.1, -0.05) is 55.5 Å². The van der Waals surface area contributed by atoms with Gasteiger partial charge in [0.2, 0.25) is 5.91 Å². The lowest BCUT2D eigenvalue weighted by molar-refractivity contribution is -0.116. The van der Waals surface area contributed by atoms with E-state index < -0.39 is 23.0 Å². The van der Waals surface area contributed by atoms with E-state index >= 15 is 0 Å². The van der Waals surface area contributed by atoms with Gasteiger partial charge in [0.15, 0.2) is 0 Å². The van der Waals surface area contributed by atoms with Crippen LogP contribution >= 0.6 is 23.1 Å². The number of amides is 3. The summed E-state index contributed by atoms with van der Waals surface area (Å²) in [4.78, 5) is 54.7. The summed E-state index contributed by atoms with van der Waals surface area (Å²) >= 11 is 2.83. The van der Waals surface area contributed by atoms with Crippen molar-refractivity contribution in [3.63, 3.8) is 0 Å². The number of thiophene rings is 1. The zero-order valence-corrected chi connectivity index (χ0v) is 28.2. The predicted molar refractivity (Wildman–Crippen MR) is 189 cm³/mol. The van der Waals surface area contributed by atoms with E-state index in [1.165, 1.54) is 30.2 Å². The summed E-state index contributed by atoms with van der Waals surface area (Å²) in [5.74, 6) is -1.52. The molecule has 1 aromatic heterocycles. The first kappa shape index (κ1) is 33.7. The highest BCUT2D eigenvalue weighted by molar-refractivity contribution is 8.00. The van der Waals surface area contributed by atoms with E-state index in [4.69, 9.17) is 4.74 Å². The van der Waals surface area contributed by atoms with Crippen molar-refractivity contribution in [2.45, 2.75) is 56.1 Å². The highest BCUT2D eigenvalue weighted by Gasteiger charge is 2.28. The third kappa shape index (κ3) is 8.38. The van der Waals surface area contributed by atoms with Crippen LogP contribution in [-0.2, 0) is 27.2 Å². The van der Waals surface area contributed by atoms with Gasteiger partial charge >= 0.3 is 5.97 Å². The van der Waals surface area contributed by atoms with Crippen LogP contribution in [0.3, 0.4) is 0 Å². The molecule has 0 bridgehead atoms. The molecule has 1 atom stereocenters. The van der Waals surface area contributed by atoms with Crippen LogP contribution in [0, 0.1) is 6.92 Å². The highest BCUT2D eigenvalue weighted by Crippen LogP contribution is 2.39. The molecule has 3 N–H and O–H groups in total. The van der Waals surface area contributed by atoms with Gasteiger partial charge in [-0.3, -0.25) is 14.4 Å². The second kappa shape index (κ2) is 15.8. The van der Waals surface area contributed by atoms with Gasteiger partial charge in [0, 0.05) is 21.0 Å². The van der Waals surface area contributed by atoms with Crippen molar-refractivity contribution < 1.29 is 23.9 Å². The summed E-state index contributed by atoms with van der Waals surface area (Å²) in [7, 11) is 1.36. The highest BCUT2D eigenvalue weighted by atomic mass is 32.2. The smallest absolute Gasteiger partial charge is 0.341 e. The summed E-state index contributed by atoms with van der Waals surface area (Å²) in [5.41, 5.74) is 4.25. The maximum absolute atomic E-state index is 13.6. The first-order valence-electron chi connectivity index (χ1n) is 15.5. The molecule has 0 radical (unpaired) electrons. The first-order valence-corrected chi connectivity index (χ1v) is 17.2. The largest absolute Gasteiger partial charge is 0.465 e. The molecule has 3 aromatic carbocycles. The Labute approximate surface area is 283 Å². The van der Waals surface area contributed by atoms with Crippen LogP contribution in [0.1, 0.15) is 68.5 Å². The summed E-state index contributed by atoms with van der Waals surface area (Å²) in [6, 6.07) is 23.5. The molecule has 47 heavy (non-hydrogen) atoms. The summed E-state index contributed by atoms with van der Waals surface area (Å²) < 4.78 is 5.06. The zero-order chi connectivity index (χ0) is 33.3. The number of hydrogen-bond acceptors (Lipinski definition) is 7. The van der Waals surface area contributed by atoms with E-state index in [9.17, 15) is 19.2 Å². The Hall–Kier alpha value is -4.67. The quantitative estimate of drug-likeness (QED) is 0.0861. The molecular weight excluding hydrogens is 631 g/mol. The summed E-state index contributed by atoms with van der Waals surface area (Å²) in [6.45, 7) is 3.87. The molecule has 0 aliphatic heterocycles. The molecule has 0 saturated carbocycles. The van der Waals surface area contributed by atoms with Gasteiger partial charge in [-0.15, -0.1) is 23.1 Å². The van der Waals surface area contributed by atoms with Crippen molar-refractivity contribution in [1.82, 2.24) is 5.32 Å². The van der Waals surface area contributed by atoms with Crippen LogP contribution < -0.4 is 16.0 Å². The number of carbonyl (C=O) groups excluding carboxylic acids is 4. The van der Waals surface area contributed by atoms with Crippen molar-refractivity contribution in [3.05, 3.63) is 117 Å². The number of rotatable bonds is 11. The Morgan fingerprint density at radius 2 is 1.68 bits per heavy atom. The van der Waals surface area contributed by atoms with Crippen molar-refractivity contribution in [3.8, 4) is 0 Å². The number of methoxy groups -OCH3 is 1. The Kier molecular flexibility index (Phi) is 11.3.